The normalized spacial score (nSPS) is 28.4. The van der Waals surface area contributed by atoms with Crippen LogP contribution in [0.3, 0.4) is 0 Å². The van der Waals surface area contributed by atoms with Crippen molar-refractivity contribution in [3.05, 3.63) is 12.4 Å². The number of aliphatic hydroxyl groups is 1. The van der Waals surface area contributed by atoms with Gasteiger partial charge in [0.2, 0.25) is 0 Å². The van der Waals surface area contributed by atoms with E-state index < -0.39 is 31.8 Å². The molecule has 0 spiro atoms. The zero-order chi connectivity index (χ0) is 12.8. The molecule has 17 heavy (non-hydrogen) atoms. The molecule has 96 valence electrons. The van der Waals surface area contributed by atoms with Gasteiger partial charge >= 0.3 is 0 Å². The second-order valence-corrected chi connectivity index (χ2v) is 8.31. The van der Waals surface area contributed by atoms with Gasteiger partial charge in [0.1, 0.15) is 4.90 Å². The number of sulfone groups is 2. The Hall–Kier alpha value is -0.930. The summed E-state index contributed by atoms with van der Waals surface area (Å²) >= 11 is 0. The summed E-state index contributed by atoms with van der Waals surface area (Å²) in [5, 5.41) is 13.4. The van der Waals surface area contributed by atoms with Crippen LogP contribution in [0.15, 0.2) is 17.3 Å². The maximum Gasteiger partial charge on any atom is 0.178 e. The van der Waals surface area contributed by atoms with Crippen LogP contribution < -0.4 is 0 Å². The molecule has 1 aliphatic heterocycles. The monoisotopic (exact) mass is 280 g/mol. The molecular formula is C8H12N2O5S2. The van der Waals surface area contributed by atoms with Crippen molar-refractivity contribution in [1.82, 2.24) is 9.78 Å². The summed E-state index contributed by atoms with van der Waals surface area (Å²) in [5.74, 6) is -0.537. The highest BCUT2D eigenvalue weighted by atomic mass is 32.2. The van der Waals surface area contributed by atoms with Gasteiger partial charge in [-0.25, -0.2) is 16.8 Å². The van der Waals surface area contributed by atoms with Gasteiger partial charge in [-0.1, -0.05) is 0 Å². The smallest absolute Gasteiger partial charge is 0.178 e. The lowest BCUT2D eigenvalue weighted by atomic mass is 10.2. The quantitative estimate of drug-likeness (QED) is 0.715. The highest BCUT2D eigenvalue weighted by Crippen LogP contribution is 2.24. The second kappa shape index (κ2) is 3.79. The van der Waals surface area contributed by atoms with Crippen LogP contribution in [0.5, 0.6) is 0 Å². The molecule has 1 N–H and O–H groups in total. The van der Waals surface area contributed by atoms with Crippen LogP contribution in [-0.4, -0.2) is 55.6 Å². The van der Waals surface area contributed by atoms with E-state index in [1.54, 1.807) is 0 Å². The van der Waals surface area contributed by atoms with Gasteiger partial charge in [0, 0.05) is 12.5 Å². The first-order valence-corrected chi connectivity index (χ1v) is 8.53. The number of hydrogen-bond donors (Lipinski definition) is 1. The molecule has 2 rings (SSSR count). The van der Waals surface area contributed by atoms with Gasteiger partial charge in [-0.15, -0.1) is 0 Å². The molecule has 9 heteroatoms. The molecule has 1 aliphatic rings. The first-order chi connectivity index (χ1) is 7.69. The summed E-state index contributed by atoms with van der Waals surface area (Å²) in [4.78, 5) is 0.00833. The third-order valence-corrected chi connectivity index (χ3v) is 5.41. The summed E-state index contributed by atoms with van der Waals surface area (Å²) in [5.41, 5.74) is 0. The van der Waals surface area contributed by atoms with Gasteiger partial charge < -0.3 is 5.11 Å². The van der Waals surface area contributed by atoms with Gasteiger partial charge in [-0.05, 0) is 0 Å². The molecule has 1 fully saturated rings. The Kier molecular flexibility index (Phi) is 2.79. The van der Waals surface area contributed by atoms with Crippen molar-refractivity contribution < 1.29 is 21.9 Å². The van der Waals surface area contributed by atoms with Crippen LogP contribution in [0.1, 0.15) is 6.04 Å². The fourth-order valence-electron chi connectivity index (χ4n) is 1.76. The topological polar surface area (TPSA) is 106 Å². The van der Waals surface area contributed by atoms with Crippen LogP contribution in [0.4, 0.5) is 0 Å². The van der Waals surface area contributed by atoms with E-state index in [1.165, 1.54) is 10.9 Å². The molecule has 0 saturated carbocycles. The van der Waals surface area contributed by atoms with E-state index >= 15 is 0 Å². The van der Waals surface area contributed by atoms with Crippen molar-refractivity contribution in [3.63, 3.8) is 0 Å². The van der Waals surface area contributed by atoms with Crippen molar-refractivity contribution in [2.24, 2.45) is 0 Å². The summed E-state index contributed by atoms with van der Waals surface area (Å²) in [6.45, 7) is 0. The molecule has 7 nitrogen and oxygen atoms in total. The van der Waals surface area contributed by atoms with Gasteiger partial charge in [0.15, 0.2) is 19.7 Å². The molecule has 0 bridgehead atoms. The highest BCUT2D eigenvalue weighted by molar-refractivity contribution is 7.91. The highest BCUT2D eigenvalue weighted by Gasteiger charge is 2.38. The van der Waals surface area contributed by atoms with Crippen LogP contribution in [0.2, 0.25) is 0 Å². The predicted molar refractivity (Wildman–Crippen MR) is 59.0 cm³/mol. The SMILES string of the molecule is CS(=O)(=O)c1cnn([C@@H]2CS(=O)(=O)C[C@H]2O)c1. The molecule has 0 unspecified atom stereocenters. The Bertz CT molecular complexity index is 631. The van der Waals surface area contributed by atoms with Gasteiger partial charge in [-0.3, -0.25) is 4.68 Å². The van der Waals surface area contributed by atoms with Crippen LogP contribution in [-0.2, 0) is 19.7 Å². The van der Waals surface area contributed by atoms with Crippen LogP contribution in [0.25, 0.3) is 0 Å². The molecule has 1 aromatic rings. The van der Waals surface area contributed by atoms with Crippen LogP contribution >= 0.6 is 0 Å². The van der Waals surface area contributed by atoms with Crippen LogP contribution in [0, 0.1) is 0 Å². The van der Waals surface area contributed by atoms with Crippen molar-refractivity contribution in [2.75, 3.05) is 17.8 Å². The number of hydrogen-bond acceptors (Lipinski definition) is 6. The van der Waals surface area contributed by atoms with Crippen molar-refractivity contribution in [3.8, 4) is 0 Å². The van der Waals surface area contributed by atoms with Crippen molar-refractivity contribution >= 4 is 19.7 Å². The number of rotatable bonds is 2. The fraction of sp³-hybridized carbons (Fsp3) is 0.625. The maximum absolute atomic E-state index is 11.3. The molecule has 0 radical (unpaired) electrons. The fourth-order valence-corrected chi connectivity index (χ4v) is 4.07. The van der Waals surface area contributed by atoms with E-state index in [0.717, 1.165) is 12.5 Å². The second-order valence-electron chi connectivity index (χ2n) is 4.14. The molecule has 1 aromatic heterocycles. The van der Waals surface area contributed by atoms with Gasteiger partial charge in [0.05, 0.1) is 29.8 Å². The van der Waals surface area contributed by atoms with Gasteiger partial charge in [0.25, 0.3) is 0 Å². The molecule has 0 amide bonds. The summed E-state index contributed by atoms with van der Waals surface area (Å²) < 4.78 is 46.3. The largest absolute Gasteiger partial charge is 0.390 e. The first kappa shape index (κ1) is 12.5. The Balaban J connectivity index is 2.34. The lowest BCUT2D eigenvalue weighted by Crippen LogP contribution is -2.22. The summed E-state index contributed by atoms with van der Waals surface area (Å²) in [6.07, 6.45) is 2.38. The third kappa shape index (κ3) is 2.50. The first-order valence-electron chi connectivity index (χ1n) is 4.82. The molecule has 1 saturated heterocycles. The average molecular weight is 280 g/mol. The lowest BCUT2D eigenvalue weighted by Gasteiger charge is -2.12. The number of aromatic nitrogens is 2. The average Bonchev–Trinajstić information content (AvgIpc) is 2.68. The van der Waals surface area contributed by atoms with Crippen molar-refractivity contribution in [2.45, 2.75) is 17.0 Å². The molecule has 2 heterocycles. The van der Waals surface area contributed by atoms with Gasteiger partial charge in [-0.2, -0.15) is 5.10 Å². The van der Waals surface area contributed by atoms with E-state index in [-0.39, 0.29) is 16.4 Å². The third-order valence-electron chi connectivity index (χ3n) is 2.64. The minimum Gasteiger partial charge on any atom is -0.390 e. The predicted octanol–water partition coefficient (Wildman–Crippen LogP) is -1.38. The molecule has 2 atom stereocenters. The van der Waals surface area contributed by atoms with E-state index in [9.17, 15) is 21.9 Å². The van der Waals surface area contributed by atoms with E-state index in [0.29, 0.717) is 0 Å². The molecule has 0 aromatic carbocycles. The summed E-state index contributed by atoms with van der Waals surface area (Å²) in [7, 11) is -6.65. The van der Waals surface area contributed by atoms with E-state index in [1.807, 2.05) is 0 Å². The zero-order valence-corrected chi connectivity index (χ0v) is 10.6. The Morgan fingerprint density at radius 1 is 1.47 bits per heavy atom. The van der Waals surface area contributed by atoms with E-state index in [4.69, 9.17) is 0 Å². The minimum atomic E-state index is -3.37. The maximum atomic E-state index is 11.3. The Labute approximate surface area is 98.9 Å². The van der Waals surface area contributed by atoms with Crippen molar-refractivity contribution in [1.29, 1.82) is 0 Å². The number of aliphatic hydroxyl groups excluding tert-OH is 1. The molecule has 0 aliphatic carbocycles. The number of nitrogens with zero attached hydrogens (tertiary/aromatic N) is 2. The summed E-state index contributed by atoms with van der Waals surface area (Å²) in [6, 6.07) is -0.713. The molecular weight excluding hydrogens is 268 g/mol. The minimum absolute atomic E-state index is 0.00833. The lowest BCUT2D eigenvalue weighted by molar-refractivity contribution is 0.146. The van der Waals surface area contributed by atoms with E-state index in [2.05, 4.69) is 5.10 Å². The zero-order valence-electron chi connectivity index (χ0n) is 9.01. The Morgan fingerprint density at radius 3 is 2.53 bits per heavy atom. The standard InChI is InChI=1S/C8H12N2O5S2/c1-16(12,13)6-2-9-10(3-6)7-4-17(14,15)5-8(7)11/h2-3,7-8,11H,4-5H2,1H3/t7-,8-/m1/s1. The Morgan fingerprint density at radius 2 is 2.12 bits per heavy atom.